The molecule has 11 nitrogen and oxygen atoms in total. The molecule has 0 bridgehead atoms. The zero-order chi connectivity index (χ0) is 25.4. The molecule has 13 heteroatoms. The molecule has 1 saturated heterocycles. The highest BCUT2D eigenvalue weighted by Gasteiger charge is 2.23. The van der Waals surface area contributed by atoms with E-state index >= 15 is 0 Å². The van der Waals surface area contributed by atoms with E-state index in [1.807, 2.05) is 0 Å². The van der Waals surface area contributed by atoms with Gasteiger partial charge in [0.1, 0.15) is 29.1 Å². The number of alkyl halides is 2. The average Bonchev–Trinajstić information content (AvgIpc) is 2.77. The lowest BCUT2D eigenvalue weighted by atomic mass is 10.2. The lowest BCUT2D eigenvalue weighted by molar-refractivity contribution is -0.142. The van der Waals surface area contributed by atoms with Crippen LogP contribution in [-0.2, 0) is 4.74 Å². The molecule has 2 amide bonds. The number of likely N-dealkylation sites (tertiary alicyclic amines) is 1. The third-order valence-electron chi connectivity index (χ3n) is 4.66. The topological polar surface area (TPSA) is 153 Å². The van der Waals surface area contributed by atoms with Gasteiger partial charge in [-0.1, -0.05) is 0 Å². The minimum absolute atomic E-state index is 0.0431. The summed E-state index contributed by atoms with van der Waals surface area (Å²) in [6.07, 6.45) is 4.99. The summed E-state index contributed by atoms with van der Waals surface area (Å²) in [5, 5.41) is 9.99. The number of benzene rings is 1. The van der Waals surface area contributed by atoms with Gasteiger partial charge in [-0.2, -0.15) is 8.78 Å². The van der Waals surface area contributed by atoms with Crippen LogP contribution in [0.25, 0.3) is 0 Å². The van der Waals surface area contributed by atoms with Crippen molar-refractivity contribution in [3.05, 3.63) is 54.1 Å². The van der Waals surface area contributed by atoms with Gasteiger partial charge in [-0.3, -0.25) is 15.0 Å². The van der Waals surface area contributed by atoms with E-state index in [-0.39, 0.29) is 40.4 Å². The lowest BCUT2D eigenvalue weighted by Gasteiger charge is -2.30. The summed E-state index contributed by atoms with van der Waals surface area (Å²) < 4.78 is 40.2. The Balaban J connectivity index is 1.79. The van der Waals surface area contributed by atoms with E-state index in [0.29, 0.717) is 13.1 Å². The molecule has 186 valence electrons. The summed E-state index contributed by atoms with van der Waals surface area (Å²) in [7, 11) is 0. The number of nitrogens with two attached hydrogens (primary N) is 1. The van der Waals surface area contributed by atoms with E-state index in [4.69, 9.17) is 20.6 Å². The molecule has 0 radical (unpaired) electrons. The molecule has 0 saturated carbocycles. The van der Waals surface area contributed by atoms with Gasteiger partial charge in [-0.15, -0.1) is 0 Å². The number of carbonyl (C=O) groups excluding carboxylic acids is 2. The zero-order valence-corrected chi connectivity index (χ0v) is 18.7. The Hall–Kier alpha value is -4.13. The molecule has 2 aromatic rings. The predicted octanol–water partition coefficient (Wildman–Crippen LogP) is 2.30. The summed E-state index contributed by atoms with van der Waals surface area (Å²) in [4.78, 5) is 34.6. The first kappa shape index (κ1) is 25.5. The van der Waals surface area contributed by atoms with Crippen molar-refractivity contribution >= 4 is 17.6 Å². The van der Waals surface area contributed by atoms with Crippen molar-refractivity contribution in [1.29, 1.82) is 5.41 Å². The number of nitrogens with zero attached hydrogens (tertiary/aromatic N) is 3. The third kappa shape index (κ3) is 7.43. The predicted molar refractivity (Wildman–Crippen MR) is 120 cm³/mol. The minimum atomic E-state index is -2.95. The second-order valence-electron chi connectivity index (χ2n) is 7.43. The normalized spacial score (nSPS) is 13.9. The van der Waals surface area contributed by atoms with E-state index in [1.165, 1.54) is 43.6 Å². The Morgan fingerprint density at radius 2 is 1.97 bits per heavy atom. The molecule has 2 heterocycles. The quantitative estimate of drug-likeness (QED) is 0.339. The molecule has 35 heavy (non-hydrogen) atoms. The maximum atomic E-state index is 12.6. The van der Waals surface area contributed by atoms with E-state index < -0.39 is 25.2 Å². The van der Waals surface area contributed by atoms with Crippen LogP contribution in [0.1, 0.15) is 34.2 Å². The number of aromatic nitrogens is 2. The van der Waals surface area contributed by atoms with E-state index in [2.05, 4.69) is 20.0 Å². The summed E-state index contributed by atoms with van der Waals surface area (Å²) in [5.41, 5.74) is 5.45. The molecule has 3 rings (SSSR count). The minimum Gasteiger partial charge on any atom is -0.488 e. The molecule has 4 N–H and O–H groups in total. The molecular weight excluding hydrogens is 466 g/mol. The molecule has 1 fully saturated rings. The fourth-order valence-electron chi connectivity index (χ4n) is 2.92. The Morgan fingerprint density at radius 1 is 1.23 bits per heavy atom. The van der Waals surface area contributed by atoms with Gasteiger partial charge >= 0.3 is 6.61 Å². The van der Waals surface area contributed by atoms with Crippen molar-refractivity contribution in [2.75, 3.05) is 19.7 Å². The first-order chi connectivity index (χ1) is 16.7. The number of amidine groups is 1. The van der Waals surface area contributed by atoms with E-state index in [1.54, 1.807) is 4.90 Å². The highest BCUT2D eigenvalue weighted by Crippen LogP contribution is 2.27. The van der Waals surface area contributed by atoms with Gasteiger partial charge in [-0.25, -0.2) is 9.97 Å². The summed E-state index contributed by atoms with van der Waals surface area (Å²) in [6.45, 7) is -0.482. The van der Waals surface area contributed by atoms with Gasteiger partial charge in [-0.05, 0) is 37.8 Å². The molecule has 1 aliphatic rings. The highest BCUT2D eigenvalue weighted by atomic mass is 19.3. The number of carbonyl (C=O) groups is 2. The lowest BCUT2D eigenvalue weighted by Crippen LogP contribution is -2.42. The maximum absolute atomic E-state index is 12.6. The monoisotopic (exact) mass is 490 g/mol. The van der Waals surface area contributed by atoms with Gasteiger partial charge in [0.25, 0.3) is 11.8 Å². The van der Waals surface area contributed by atoms with Crippen molar-refractivity contribution in [2.24, 2.45) is 5.73 Å². The second kappa shape index (κ2) is 11.8. The van der Waals surface area contributed by atoms with Crippen molar-refractivity contribution < 1.29 is 32.6 Å². The molecule has 1 unspecified atom stereocenters. The van der Waals surface area contributed by atoms with Crippen molar-refractivity contribution in [3.63, 3.8) is 0 Å². The van der Waals surface area contributed by atoms with Crippen LogP contribution < -0.4 is 20.5 Å². The van der Waals surface area contributed by atoms with Gasteiger partial charge < -0.3 is 30.2 Å². The molecule has 0 aliphatic carbocycles. The van der Waals surface area contributed by atoms with Crippen LogP contribution in [-0.4, -0.2) is 64.9 Å². The molecule has 1 aromatic carbocycles. The SMILES string of the molecule is CC(COC(F)F)Oc1cc(Oc2cnc(C(=O)N3CCC3)cn2)cc(C(=O)NC(=N)/C=C\N)c1. The Bertz CT molecular complexity index is 1090. The Labute approximate surface area is 199 Å². The first-order valence-electron chi connectivity index (χ1n) is 10.5. The summed E-state index contributed by atoms with van der Waals surface area (Å²) in [6, 6.07) is 4.13. The number of hydrogen-bond donors (Lipinski definition) is 3. The van der Waals surface area contributed by atoms with Gasteiger partial charge in [0.15, 0.2) is 0 Å². The molecule has 0 spiro atoms. The van der Waals surface area contributed by atoms with Crippen LogP contribution in [0.4, 0.5) is 8.78 Å². The number of halogens is 2. The van der Waals surface area contributed by atoms with Gasteiger partial charge in [0, 0.05) is 24.7 Å². The van der Waals surface area contributed by atoms with Crippen LogP contribution in [0.2, 0.25) is 0 Å². The fourth-order valence-corrected chi connectivity index (χ4v) is 2.92. The van der Waals surface area contributed by atoms with Crippen LogP contribution in [0, 0.1) is 5.41 Å². The van der Waals surface area contributed by atoms with Crippen molar-refractivity contribution in [2.45, 2.75) is 26.1 Å². The Kier molecular flexibility index (Phi) is 8.62. The highest BCUT2D eigenvalue weighted by molar-refractivity contribution is 6.09. The van der Waals surface area contributed by atoms with Gasteiger partial charge in [0.05, 0.1) is 19.0 Å². The second-order valence-corrected chi connectivity index (χ2v) is 7.43. The largest absolute Gasteiger partial charge is 0.488 e. The number of amides is 2. The molecular formula is C22H24F2N6O5. The van der Waals surface area contributed by atoms with Crippen LogP contribution in [0.3, 0.4) is 0 Å². The Morgan fingerprint density at radius 3 is 2.57 bits per heavy atom. The zero-order valence-electron chi connectivity index (χ0n) is 18.7. The van der Waals surface area contributed by atoms with E-state index in [0.717, 1.165) is 12.6 Å². The van der Waals surface area contributed by atoms with Crippen molar-refractivity contribution in [1.82, 2.24) is 20.2 Å². The molecule has 1 aromatic heterocycles. The molecule has 1 aliphatic heterocycles. The number of nitrogens with one attached hydrogen (secondary N) is 2. The number of ether oxygens (including phenoxy) is 3. The maximum Gasteiger partial charge on any atom is 0.345 e. The smallest absolute Gasteiger partial charge is 0.345 e. The number of rotatable bonds is 10. The summed E-state index contributed by atoms with van der Waals surface area (Å²) >= 11 is 0. The van der Waals surface area contributed by atoms with Crippen LogP contribution in [0.15, 0.2) is 42.9 Å². The fraction of sp³-hybridized carbons (Fsp3) is 0.318. The van der Waals surface area contributed by atoms with Crippen LogP contribution >= 0.6 is 0 Å². The van der Waals surface area contributed by atoms with Crippen molar-refractivity contribution in [3.8, 4) is 17.4 Å². The average molecular weight is 490 g/mol. The summed E-state index contributed by atoms with van der Waals surface area (Å²) in [5.74, 6) is -0.858. The van der Waals surface area contributed by atoms with Crippen LogP contribution in [0.5, 0.6) is 17.4 Å². The third-order valence-corrected chi connectivity index (χ3v) is 4.66. The first-order valence-corrected chi connectivity index (χ1v) is 10.5. The number of hydrogen-bond acceptors (Lipinski definition) is 9. The molecule has 1 atom stereocenters. The van der Waals surface area contributed by atoms with E-state index in [9.17, 15) is 18.4 Å². The standard InChI is InChI=1S/C22H24F2N6O5/c1-13(12-33-22(23)24)34-15-7-14(20(31)29-18(26)3-4-25)8-16(9-15)35-19-11-27-17(10-28-19)21(32)30-5-2-6-30/h3-4,7-11,13,22H,2,5-6,12,25H2,1H3,(H2,26,29,31)/b4-3-. The van der Waals surface area contributed by atoms with Gasteiger partial charge in [0.2, 0.25) is 5.88 Å².